The average molecular weight is 358 g/mol. The number of carbonyl (C=O) groups is 1. The van der Waals surface area contributed by atoms with Crippen molar-refractivity contribution in [2.45, 2.75) is 57.8 Å². The Morgan fingerprint density at radius 1 is 1.23 bits per heavy atom. The Labute approximate surface area is 156 Å². The molecule has 1 aromatic rings. The molecular weight excluding hydrogens is 328 g/mol. The number of amides is 1. The van der Waals surface area contributed by atoms with Gasteiger partial charge in [-0.3, -0.25) is 9.69 Å². The largest absolute Gasteiger partial charge is 0.493 e. The maximum atomic E-state index is 12.9. The van der Waals surface area contributed by atoms with Crippen molar-refractivity contribution >= 4 is 5.91 Å². The van der Waals surface area contributed by atoms with E-state index in [0.29, 0.717) is 12.5 Å². The molecule has 3 heterocycles. The van der Waals surface area contributed by atoms with E-state index in [1.807, 2.05) is 12.1 Å². The maximum absolute atomic E-state index is 12.9. The van der Waals surface area contributed by atoms with E-state index in [-0.39, 0.29) is 18.1 Å². The van der Waals surface area contributed by atoms with E-state index >= 15 is 0 Å². The number of nitrogens with zero attached hydrogens (tertiary/aromatic N) is 2. The van der Waals surface area contributed by atoms with Gasteiger partial charge in [-0.2, -0.15) is 0 Å². The van der Waals surface area contributed by atoms with Crippen molar-refractivity contribution in [2.75, 3.05) is 32.8 Å². The topological polar surface area (TPSA) is 42.0 Å². The molecule has 26 heavy (non-hydrogen) atoms. The molecule has 2 fully saturated rings. The summed E-state index contributed by atoms with van der Waals surface area (Å²) < 4.78 is 11.4. The third-order valence-corrected chi connectivity index (χ3v) is 5.77. The van der Waals surface area contributed by atoms with Crippen LogP contribution < -0.4 is 4.74 Å². The normalized spacial score (nSPS) is 28.8. The zero-order valence-corrected chi connectivity index (χ0v) is 15.9. The van der Waals surface area contributed by atoms with Gasteiger partial charge in [-0.1, -0.05) is 12.1 Å². The van der Waals surface area contributed by atoms with Gasteiger partial charge in [0.1, 0.15) is 5.75 Å². The zero-order chi connectivity index (χ0) is 18.1. The quantitative estimate of drug-likeness (QED) is 0.828. The first-order valence-corrected chi connectivity index (χ1v) is 10.0. The number of hydrogen-bond acceptors (Lipinski definition) is 4. The molecule has 0 N–H and O–H groups in total. The number of ether oxygens (including phenoxy) is 2. The fraction of sp³-hybridized carbons (Fsp3) is 0.667. The SMILES string of the molecule is C[C@@H]1CN(C[C@H]2CCCN2C(=O)Cc2ccc3c(c2)CCO3)C[C@H](C)O1. The predicted molar refractivity (Wildman–Crippen MR) is 101 cm³/mol. The summed E-state index contributed by atoms with van der Waals surface area (Å²) in [6.45, 7) is 8.84. The lowest BCUT2D eigenvalue weighted by Crippen LogP contribution is -2.51. The zero-order valence-electron chi connectivity index (χ0n) is 15.9. The molecule has 0 bridgehead atoms. The summed E-state index contributed by atoms with van der Waals surface area (Å²) in [5.41, 5.74) is 2.35. The van der Waals surface area contributed by atoms with E-state index < -0.39 is 0 Å². The highest BCUT2D eigenvalue weighted by molar-refractivity contribution is 5.79. The Morgan fingerprint density at radius 2 is 2.04 bits per heavy atom. The molecule has 2 saturated heterocycles. The smallest absolute Gasteiger partial charge is 0.227 e. The minimum atomic E-state index is 0.265. The number of hydrogen-bond donors (Lipinski definition) is 0. The Morgan fingerprint density at radius 3 is 2.85 bits per heavy atom. The molecule has 0 aromatic heterocycles. The van der Waals surface area contributed by atoms with Gasteiger partial charge in [-0.15, -0.1) is 0 Å². The molecule has 1 aromatic carbocycles. The highest BCUT2D eigenvalue weighted by Crippen LogP contribution is 2.27. The van der Waals surface area contributed by atoms with E-state index in [1.54, 1.807) is 0 Å². The summed E-state index contributed by atoms with van der Waals surface area (Å²) in [7, 11) is 0. The van der Waals surface area contributed by atoms with Crippen LogP contribution in [0.5, 0.6) is 5.75 Å². The molecule has 5 heteroatoms. The van der Waals surface area contributed by atoms with E-state index in [1.165, 1.54) is 5.56 Å². The third-order valence-electron chi connectivity index (χ3n) is 5.77. The van der Waals surface area contributed by atoms with Crippen LogP contribution in [0.2, 0.25) is 0 Å². The number of fused-ring (bicyclic) bond motifs is 1. The first kappa shape index (κ1) is 17.8. The van der Waals surface area contributed by atoms with Gasteiger partial charge >= 0.3 is 0 Å². The van der Waals surface area contributed by atoms with Gasteiger partial charge in [0.05, 0.1) is 25.2 Å². The fourth-order valence-corrected chi connectivity index (χ4v) is 4.71. The summed E-state index contributed by atoms with van der Waals surface area (Å²) in [5, 5.41) is 0. The Bertz CT molecular complexity index is 653. The Hall–Kier alpha value is -1.59. The molecule has 0 unspecified atom stereocenters. The first-order valence-electron chi connectivity index (χ1n) is 10.0. The second kappa shape index (κ2) is 7.57. The Balaban J connectivity index is 1.37. The number of benzene rings is 1. The summed E-state index contributed by atoms with van der Waals surface area (Å²) in [5.74, 6) is 1.25. The summed E-state index contributed by atoms with van der Waals surface area (Å²) in [6.07, 6.45) is 4.24. The van der Waals surface area contributed by atoms with Crippen LogP contribution in [0.15, 0.2) is 18.2 Å². The van der Waals surface area contributed by atoms with Crippen LogP contribution >= 0.6 is 0 Å². The summed E-state index contributed by atoms with van der Waals surface area (Å²) in [4.78, 5) is 17.5. The molecule has 5 nitrogen and oxygen atoms in total. The van der Waals surface area contributed by atoms with E-state index in [0.717, 1.165) is 63.4 Å². The minimum absolute atomic E-state index is 0.265. The van der Waals surface area contributed by atoms with E-state index in [4.69, 9.17) is 9.47 Å². The van der Waals surface area contributed by atoms with Gasteiger partial charge in [0.2, 0.25) is 5.91 Å². The van der Waals surface area contributed by atoms with Crippen LogP contribution in [0.4, 0.5) is 0 Å². The van der Waals surface area contributed by atoms with Gasteiger partial charge in [0.15, 0.2) is 0 Å². The molecule has 1 amide bonds. The second-order valence-electron chi connectivity index (χ2n) is 8.08. The number of morpholine rings is 1. The van der Waals surface area contributed by atoms with Crippen LogP contribution in [0.3, 0.4) is 0 Å². The number of rotatable bonds is 4. The molecule has 4 rings (SSSR count). The van der Waals surface area contributed by atoms with Gasteiger partial charge in [-0.25, -0.2) is 0 Å². The van der Waals surface area contributed by atoms with Gasteiger partial charge in [0.25, 0.3) is 0 Å². The van der Waals surface area contributed by atoms with Crippen LogP contribution in [-0.2, 0) is 22.4 Å². The molecule has 0 aliphatic carbocycles. The summed E-state index contributed by atoms with van der Waals surface area (Å²) in [6, 6.07) is 6.55. The Kier molecular flexibility index (Phi) is 5.18. The van der Waals surface area contributed by atoms with Gasteiger partial charge < -0.3 is 14.4 Å². The maximum Gasteiger partial charge on any atom is 0.227 e. The van der Waals surface area contributed by atoms with E-state index in [9.17, 15) is 4.79 Å². The van der Waals surface area contributed by atoms with Crippen molar-refractivity contribution in [1.29, 1.82) is 0 Å². The lowest BCUT2D eigenvalue weighted by Gasteiger charge is -2.38. The minimum Gasteiger partial charge on any atom is -0.493 e. The first-order chi connectivity index (χ1) is 12.6. The molecule has 3 atom stereocenters. The lowest BCUT2D eigenvalue weighted by molar-refractivity contribution is -0.132. The monoisotopic (exact) mass is 358 g/mol. The van der Waals surface area contributed by atoms with Crippen LogP contribution in [0.1, 0.15) is 37.8 Å². The van der Waals surface area contributed by atoms with Gasteiger partial charge in [0, 0.05) is 38.6 Å². The van der Waals surface area contributed by atoms with Crippen LogP contribution in [0.25, 0.3) is 0 Å². The van der Waals surface area contributed by atoms with Gasteiger partial charge in [-0.05, 0) is 43.9 Å². The van der Waals surface area contributed by atoms with Crippen molar-refractivity contribution in [3.63, 3.8) is 0 Å². The fourth-order valence-electron chi connectivity index (χ4n) is 4.71. The van der Waals surface area contributed by atoms with Crippen LogP contribution in [0, 0.1) is 0 Å². The number of carbonyl (C=O) groups excluding carboxylic acids is 1. The highest BCUT2D eigenvalue weighted by Gasteiger charge is 2.32. The molecule has 3 aliphatic heterocycles. The number of likely N-dealkylation sites (tertiary alicyclic amines) is 1. The van der Waals surface area contributed by atoms with Crippen molar-refractivity contribution in [3.05, 3.63) is 29.3 Å². The molecular formula is C21H30N2O3. The second-order valence-corrected chi connectivity index (χ2v) is 8.08. The van der Waals surface area contributed by atoms with Crippen molar-refractivity contribution < 1.29 is 14.3 Å². The molecule has 0 spiro atoms. The summed E-state index contributed by atoms with van der Waals surface area (Å²) >= 11 is 0. The van der Waals surface area contributed by atoms with Crippen molar-refractivity contribution in [3.8, 4) is 5.75 Å². The average Bonchev–Trinajstić information content (AvgIpc) is 3.22. The van der Waals surface area contributed by atoms with Crippen LogP contribution in [-0.4, -0.2) is 66.7 Å². The highest BCUT2D eigenvalue weighted by atomic mass is 16.5. The lowest BCUT2D eigenvalue weighted by atomic mass is 10.1. The third kappa shape index (κ3) is 3.89. The molecule has 142 valence electrons. The molecule has 0 radical (unpaired) electrons. The van der Waals surface area contributed by atoms with E-state index in [2.05, 4.69) is 29.7 Å². The van der Waals surface area contributed by atoms with Crippen molar-refractivity contribution in [2.24, 2.45) is 0 Å². The molecule has 0 saturated carbocycles. The predicted octanol–water partition coefficient (Wildman–Crippen LogP) is 2.26. The van der Waals surface area contributed by atoms with Crippen molar-refractivity contribution in [1.82, 2.24) is 9.80 Å². The standard InChI is InChI=1S/C21H30N2O3/c1-15-12-22(13-16(2)26-15)14-19-4-3-8-23(19)21(24)11-17-5-6-20-18(10-17)7-9-25-20/h5-6,10,15-16,19H,3-4,7-9,11-14H2,1-2H3/t15-,16+,19-/m1/s1. The molecule has 3 aliphatic rings.